The topological polar surface area (TPSA) is 23.5 Å². The monoisotopic (exact) mass is 381 g/mol. The van der Waals surface area contributed by atoms with Gasteiger partial charge in [-0.05, 0) is 29.9 Å². The Hall–Kier alpha value is -1.92. The van der Waals surface area contributed by atoms with Gasteiger partial charge in [0.2, 0.25) is 0 Å². The third-order valence-corrected chi connectivity index (χ3v) is 5.05. The molecule has 2 aromatic carbocycles. The summed E-state index contributed by atoms with van der Waals surface area (Å²) in [5, 5.41) is 10.2. The Labute approximate surface area is 156 Å². The Bertz CT molecular complexity index is 676. The van der Waals surface area contributed by atoms with Crippen LogP contribution in [0.15, 0.2) is 60.7 Å². The van der Waals surface area contributed by atoms with Crippen LogP contribution < -0.4 is 0 Å². The van der Waals surface area contributed by atoms with Crippen molar-refractivity contribution in [2.24, 2.45) is 5.92 Å². The number of alkyl halides is 4. The van der Waals surface area contributed by atoms with Gasteiger partial charge in [0.1, 0.15) is 0 Å². The molecule has 0 amide bonds. The van der Waals surface area contributed by atoms with Crippen molar-refractivity contribution in [1.82, 2.24) is 4.90 Å². The van der Waals surface area contributed by atoms with E-state index in [9.17, 15) is 22.7 Å². The smallest absolute Gasteiger partial charge is 0.378 e. The summed E-state index contributed by atoms with van der Waals surface area (Å²) in [6.45, 7) is 0.111. The first kappa shape index (κ1) is 19.8. The lowest BCUT2D eigenvalue weighted by molar-refractivity contribution is -0.290. The maximum absolute atomic E-state index is 14.9. The van der Waals surface area contributed by atoms with Gasteiger partial charge in [0.25, 0.3) is 0 Å². The van der Waals surface area contributed by atoms with E-state index in [1.54, 1.807) is 4.90 Å². The van der Waals surface area contributed by atoms with Gasteiger partial charge in [0.15, 0.2) is 11.8 Å². The third-order valence-electron chi connectivity index (χ3n) is 5.05. The highest BCUT2D eigenvalue weighted by molar-refractivity contribution is 5.17. The molecule has 0 heterocycles. The van der Waals surface area contributed by atoms with E-state index in [1.165, 1.54) is 0 Å². The van der Waals surface area contributed by atoms with Gasteiger partial charge in [0, 0.05) is 19.6 Å². The Morgan fingerprint density at radius 3 is 1.70 bits per heavy atom. The van der Waals surface area contributed by atoms with Crippen LogP contribution in [0.5, 0.6) is 0 Å². The van der Waals surface area contributed by atoms with Crippen LogP contribution in [0.1, 0.15) is 24.0 Å². The molecule has 1 unspecified atom stereocenters. The molecule has 3 rings (SSSR count). The lowest BCUT2D eigenvalue weighted by Gasteiger charge is -2.36. The molecule has 1 aliphatic rings. The molecule has 2 atom stereocenters. The van der Waals surface area contributed by atoms with E-state index < -0.39 is 30.4 Å². The van der Waals surface area contributed by atoms with Crippen molar-refractivity contribution in [3.63, 3.8) is 0 Å². The molecule has 1 aliphatic carbocycles. The fourth-order valence-electron chi connectivity index (χ4n) is 3.42. The molecule has 146 valence electrons. The summed E-state index contributed by atoms with van der Waals surface area (Å²) in [4.78, 5) is 1.62. The molecular formula is C21H23F4NO. The zero-order valence-corrected chi connectivity index (χ0v) is 14.9. The van der Waals surface area contributed by atoms with E-state index in [0.29, 0.717) is 13.1 Å². The SMILES string of the molecule is OC(C1CC1)([C@H](F)CN(Cc1ccccc1)Cc1ccccc1)C(F)(F)F. The minimum absolute atomic E-state index is 0.202. The lowest BCUT2D eigenvalue weighted by atomic mass is 9.90. The van der Waals surface area contributed by atoms with Crippen LogP contribution in [0.2, 0.25) is 0 Å². The molecule has 0 saturated heterocycles. The second kappa shape index (κ2) is 7.98. The summed E-state index contributed by atoms with van der Waals surface area (Å²) in [7, 11) is 0. The van der Waals surface area contributed by atoms with Gasteiger partial charge < -0.3 is 5.11 Å². The molecule has 2 nitrogen and oxygen atoms in total. The van der Waals surface area contributed by atoms with Gasteiger partial charge in [-0.1, -0.05) is 60.7 Å². The van der Waals surface area contributed by atoms with Crippen LogP contribution in [-0.2, 0) is 13.1 Å². The minimum atomic E-state index is -4.99. The molecule has 1 N–H and O–H groups in total. The van der Waals surface area contributed by atoms with Gasteiger partial charge in [-0.25, -0.2) is 4.39 Å². The highest BCUT2D eigenvalue weighted by atomic mass is 19.4. The summed E-state index contributed by atoms with van der Waals surface area (Å²) in [5.41, 5.74) is -1.52. The van der Waals surface area contributed by atoms with E-state index >= 15 is 0 Å². The van der Waals surface area contributed by atoms with Gasteiger partial charge in [-0.3, -0.25) is 4.90 Å². The molecule has 0 radical (unpaired) electrons. The van der Waals surface area contributed by atoms with Crippen molar-refractivity contribution in [2.45, 2.75) is 43.9 Å². The maximum atomic E-state index is 14.9. The number of aliphatic hydroxyl groups is 1. The number of hydrogen-bond donors (Lipinski definition) is 1. The largest absolute Gasteiger partial charge is 0.420 e. The third kappa shape index (κ3) is 4.68. The maximum Gasteiger partial charge on any atom is 0.420 e. The van der Waals surface area contributed by atoms with Crippen molar-refractivity contribution in [3.05, 3.63) is 71.8 Å². The molecule has 1 fully saturated rings. The van der Waals surface area contributed by atoms with Crippen molar-refractivity contribution < 1.29 is 22.7 Å². The predicted octanol–water partition coefficient (Wildman–Crippen LogP) is 4.73. The zero-order chi connectivity index (χ0) is 19.5. The summed E-state index contributed by atoms with van der Waals surface area (Å²) >= 11 is 0. The normalized spacial score (nSPS) is 18.3. The molecule has 0 bridgehead atoms. The number of hydrogen-bond acceptors (Lipinski definition) is 2. The molecule has 6 heteroatoms. The van der Waals surface area contributed by atoms with Gasteiger partial charge in [-0.15, -0.1) is 0 Å². The van der Waals surface area contributed by atoms with Crippen LogP contribution in [0, 0.1) is 5.92 Å². The minimum Gasteiger partial charge on any atom is -0.378 e. The summed E-state index contributed by atoms with van der Waals surface area (Å²) in [6.07, 6.45) is -6.99. The van der Waals surface area contributed by atoms with Crippen molar-refractivity contribution >= 4 is 0 Å². The lowest BCUT2D eigenvalue weighted by Crippen LogP contribution is -2.57. The summed E-state index contributed by atoms with van der Waals surface area (Å²) in [5.74, 6) is -1.05. The highest BCUT2D eigenvalue weighted by Gasteiger charge is 2.66. The first-order chi connectivity index (χ1) is 12.8. The molecule has 0 aliphatic heterocycles. The van der Waals surface area contributed by atoms with E-state index in [2.05, 4.69) is 0 Å². The van der Waals surface area contributed by atoms with Crippen LogP contribution in [0.4, 0.5) is 17.6 Å². The first-order valence-electron chi connectivity index (χ1n) is 9.04. The van der Waals surface area contributed by atoms with Crippen LogP contribution in [0.25, 0.3) is 0 Å². The molecule has 2 aromatic rings. The Morgan fingerprint density at radius 1 is 0.889 bits per heavy atom. The van der Waals surface area contributed by atoms with E-state index in [-0.39, 0.29) is 12.8 Å². The molecule has 1 saturated carbocycles. The van der Waals surface area contributed by atoms with Gasteiger partial charge >= 0.3 is 6.18 Å². The first-order valence-corrected chi connectivity index (χ1v) is 9.04. The Morgan fingerprint density at radius 2 is 1.33 bits per heavy atom. The zero-order valence-electron chi connectivity index (χ0n) is 14.9. The van der Waals surface area contributed by atoms with E-state index in [4.69, 9.17) is 0 Å². The molecule has 0 spiro atoms. The average molecular weight is 381 g/mol. The van der Waals surface area contributed by atoms with Crippen LogP contribution in [0.3, 0.4) is 0 Å². The Kier molecular flexibility index (Phi) is 5.86. The van der Waals surface area contributed by atoms with Gasteiger partial charge in [-0.2, -0.15) is 13.2 Å². The molecule has 27 heavy (non-hydrogen) atoms. The summed E-state index contributed by atoms with van der Waals surface area (Å²) < 4.78 is 55.2. The Balaban J connectivity index is 1.79. The molecular weight excluding hydrogens is 358 g/mol. The van der Waals surface area contributed by atoms with E-state index in [0.717, 1.165) is 11.1 Å². The quantitative estimate of drug-likeness (QED) is 0.669. The second-order valence-electron chi connectivity index (χ2n) is 7.21. The van der Waals surface area contributed by atoms with Gasteiger partial charge in [0.05, 0.1) is 0 Å². The number of halogens is 4. The van der Waals surface area contributed by atoms with Crippen molar-refractivity contribution in [3.8, 4) is 0 Å². The summed E-state index contributed by atoms with van der Waals surface area (Å²) in [6, 6.07) is 18.4. The standard InChI is InChI=1S/C21H23F4NO/c22-19(20(27,18-11-12-18)21(23,24)25)15-26(13-16-7-3-1-4-8-16)14-17-9-5-2-6-10-17/h1-10,18-19,27H,11-15H2/t19-,20?/m1/s1. The highest BCUT2D eigenvalue weighted by Crippen LogP contribution is 2.51. The van der Waals surface area contributed by atoms with Crippen molar-refractivity contribution in [1.29, 1.82) is 0 Å². The number of rotatable bonds is 8. The number of nitrogens with zero attached hydrogens (tertiary/aromatic N) is 1. The second-order valence-corrected chi connectivity index (χ2v) is 7.21. The van der Waals surface area contributed by atoms with E-state index in [1.807, 2.05) is 60.7 Å². The average Bonchev–Trinajstić information content (AvgIpc) is 3.47. The van der Waals surface area contributed by atoms with Crippen LogP contribution >= 0.6 is 0 Å². The fourth-order valence-corrected chi connectivity index (χ4v) is 3.42. The molecule has 0 aromatic heterocycles. The number of benzene rings is 2. The fraction of sp³-hybridized carbons (Fsp3) is 0.429. The predicted molar refractivity (Wildman–Crippen MR) is 95.6 cm³/mol. The van der Waals surface area contributed by atoms with Crippen LogP contribution in [-0.4, -0.2) is 34.5 Å². The van der Waals surface area contributed by atoms with Crippen molar-refractivity contribution in [2.75, 3.05) is 6.54 Å².